The van der Waals surface area contributed by atoms with Crippen LogP contribution in [0.15, 0.2) is 0 Å². The summed E-state index contributed by atoms with van der Waals surface area (Å²) in [7, 11) is 2.27. The molecule has 1 amide bonds. The fourth-order valence-corrected chi connectivity index (χ4v) is 5.78. The van der Waals surface area contributed by atoms with Gasteiger partial charge in [0.15, 0.2) is 0 Å². The molecule has 0 aromatic heterocycles. The van der Waals surface area contributed by atoms with E-state index in [9.17, 15) is 4.79 Å². The van der Waals surface area contributed by atoms with Gasteiger partial charge >= 0.3 is 0 Å². The van der Waals surface area contributed by atoms with E-state index in [1.807, 2.05) is 0 Å². The maximum absolute atomic E-state index is 12.5. The van der Waals surface area contributed by atoms with E-state index < -0.39 is 0 Å². The molecular formula is C17H29N3O. The van der Waals surface area contributed by atoms with Crippen molar-refractivity contribution < 1.29 is 4.79 Å². The minimum absolute atomic E-state index is 0.103. The Kier molecular flexibility index (Phi) is 3.49. The van der Waals surface area contributed by atoms with Crippen molar-refractivity contribution >= 4 is 5.91 Å². The van der Waals surface area contributed by atoms with Gasteiger partial charge in [-0.15, -0.1) is 0 Å². The summed E-state index contributed by atoms with van der Waals surface area (Å²) in [6, 6.07) is 1.64. The van der Waals surface area contributed by atoms with E-state index in [1.54, 1.807) is 0 Å². The van der Waals surface area contributed by atoms with Crippen LogP contribution in [0, 0.1) is 23.7 Å². The van der Waals surface area contributed by atoms with Crippen LogP contribution < -0.4 is 11.1 Å². The Morgan fingerprint density at radius 3 is 2.38 bits per heavy atom. The lowest BCUT2D eigenvalue weighted by Crippen LogP contribution is -2.48. The molecule has 2 saturated carbocycles. The molecular weight excluding hydrogens is 262 g/mol. The van der Waals surface area contributed by atoms with E-state index in [0.717, 1.165) is 18.6 Å². The normalized spacial score (nSPS) is 48.8. The molecule has 118 valence electrons. The third-order valence-corrected chi connectivity index (χ3v) is 7.04. The topological polar surface area (TPSA) is 58.4 Å². The highest BCUT2D eigenvalue weighted by atomic mass is 16.1. The van der Waals surface area contributed by atoms with Crippen LogP contribution in [0.1, 0.15) is 44.9 Å². The minimum atomic E-state index is 0.103. The molecule has 2 aliphatic heterocycles. The fraction of sp³-hybridized carbons (Fsp3) is 0.941. The first-order valence-corrected chi connectivity index (χ1v) is 8.88. The first kappa shape index (κ1) is 14.0. The number of carbonyl (C=O) groups excluding carboxylic acids is 1. The third kappa shape index (κ3) is 2.31. The van der Waals surface area contributed by atoms with Crippen LogP contribution in [0.4, 0.5) is 0 Å². The number of carbonyl (C=O) groups is 1. The monoisotopic (exact) mass is 291 g/mol. The van der Waals surface area contributed by atoms with E-state index in [-0.39, 0.29) is 17.9 Å². The molecule has 4 nitrogen and oxygen atoms in total. The lowest BCUT2D eigenvalue weighted by Gasteiger charge is -2.36. The number of amides is 1. The number of hydrogen-bond acceptors (Lipinski definition) is 3. The van der Waals surface area contributed by atoms with E-state index in [0.29, 0.717) is 17.8 Å². The van der Waals surface area contributed by atoms with Crippen LogP contribution >= 0.6 is 0 Å². The van der Waals surface area contributed by atoms with Crippen molar-refractivity contribution in [2.24, 2.45) is 29.4 Å². The lowest BCUT2D eigenvalue weighted by molar-refractivity contribution is -0.127. The minimum Gasteiger partial charge on any atom is -0.356 e. The quantitative estimate of drug-likeness (QED) is 0.825. The predicted molar refractivity (Wildman–Crippen MR) is 82.6 cm³/mol. The van der Waals surface area contributed by atoms with E-state index in [1.165, 1.54) is 44.9 Å². The molecule has 0 radical (unpaired) electrons. The van der Waals surface area contributed by atoms with Crippen LogP contribution in [0.2, 0.25) is 0 Å². The molecule has 4 fully saturated rings. The van der Waals surface area contributed by atoms with Crippen molar-refractivity contribution in [3.05, 3.63) is 0 Å². The summed E-state index contributed by atoms with van der Waals surface area (Å²) in [6.45, 7) is 0.875. The molecule has 6 unspecified atom stereocenters. The number of piperidine rings is 1. The van der Waals surface area contributed by atoms with Crippen molar-refractivity contribution in [1.82, 2.24) is 10.2 Å². The summed E-state index contributed by atoms with van der Waals surface area (Å²) in [5.41, 5.74) is 6.28. The Labute approximate surface area is 127 Å². The van der Waals surface area contributed by atoms with E-state index in [2.05, 4.69) is 17.3 Å². The Hall–Kier alpha value is -0.610. The van der Waals surface area contributed by atoms with Gasteiger partial charge in [-0.1, -0.05) is 0 Å². The molecule has 3 N–H and O–H groups in total. The first-order chi connectivity index (χ1) is 10.1. The first-order valence-electron chi connectivity index (χ1n) is 8.88. The van der Waals surface area contributed by atoms with E-state index in [4.69, 9.17) is 5.73 Å². The molecule has 21 heavy (non-hydrogen) atoms. The third-order valence-electron chi connectivity index (χ3n) is 7.04. The fourth-order valence-electron chi connectivity index (χ4n) is 5.78. The maximum atomic E-state index is 12.5. The average molecular weight is 291 g/mol. The molecule has 0 aromatic carbocycles. The van der Waals surface area contributed by atoms with Crippen LogP contribution in [0.3, 0.4) is 0 Å². The number of rotatable bonds is 3. The number of hydrogen-bond donors (Lipinski definition) is 2. The summed E-state index contributed by atoms with van der Waals surface area (Å²) in [5.74, 6) is 2.22. The van der Waals surface area contributed by atoms with Gasteiger partial charge in [0.25, 0.3) is 0 Å². The van der Waals surface area contributed by atoms with Crippen molar-refractivity contribution in [1.29, 1.82) is 0 Å². The highest BCUT2D eigenvalue weighted by molar-refractivity contribution is 5.80. The van der Waals surface area contributed by atoms with Gasteiger partial charge in [0.05, 0.1) is 5.92 Å². The van der Waals surface area contributed by atoms with Crippen molar-refractivity contribution in [3.8, 4) is 0 Å². The van der Waals surface area contributed by atoms with Crippen molar-refractivity contribution in [3.63, 3.8) is 0 Å². The highest BCUT2D eigenvalue weighted by Crippen LogP contribution is 2.47. The average Bonchev–Trinajstić information content (AvgIpc) is 3.09. The van der Waals surface area contributed by atoms with Crippen LogP contribution in [-0.4, -0.2) is 42.5 Å². The van der Waals surface area contributed by atoms with E-state index >= 15 is 0 Å². The molecule has 2 saturated heterocycles. The van der Waals surface area contributed by atoms with Crippen LogP contribution in [0.5, 0.6) is 0 Å². The Balaban J connectivity index is 1.30. The van der Waals surface area contributed by atoms with Crippen molar-refractivity contribution in [2.45, 2.75) is 63.1 Å². The summed E-state index contributed by atoms with van der Waals surface area (Å²) in [4.78, 5) is 15.1. The number of nitrogens with zero attached hydrogens (tertiary/aromatic N) is 1. The second-order valence-electron chi connectivity index (χ2n) is 8.07. The van der Waals surface area contributed by atoms with Gasteiger partial charge in [0.1, 0.15) is 0 Å². The summed E-state index contributed by atoms with van der Waals surface area (Å²) in [6.07, 6.45) is 8.87. The Bertz CT molecular complexity index is 410. The smallest absolute Gasteiger partial charge is 0.224 e. The molecule has 4 bridgehead atoms. The Morgan fingerprint density at radius 2 is 1.76 bits per heavy atom. The molecule has 2 heterocycles. The summed E-state index contributed by atoms with van der Waals surface area (Å²) >= 11 is 0. The lowest BCUT2D eigenvalue weighted by atomic mass is 9.84. The second kappa shape index (κ2) is 5.24. The van der Waals surface area contributed by atoms with Gasteiger partial charge in [-0.25, -0.2) is 0 Å². The molecule has 2 aliphatic carbocycles. The zero-order valence-electron chi connectivity index (χ0n) is 13.1. The summed E-state index contributed by atoms with van der Waals surface area (Å²) in [5, 5.41) is 3.26. The second-order valence-corrected chi connectivity index (χ2v) is 8.07. The Morgan fingerprint density at radius 1 is 1.10 bits per heavy atom. The SMILES string of the molecule is CN1C2CCC1CC(CNC(=O)C1C3CCC(C3)C1N)C2. The number of nitrogens with one attached hydrogen (secondary N) is 1. The molecule has 4 rings (SSSR count). The maximum Gasteiger partial charge on any atom is 0.224 e. The van der Waals surface area contributed by atoms with Gasteiger partial charge in [-0.05, 0) is 69.7 Å². The zero-order valence-corrected chi connectivity index (χ0v) is 13.1. The highest BCUT2D eigenvalue weighted by Gasteiger charge is 2.49. The van der Waals surface area contributed by atoms with Gasteiger partial charge in [0, 0.05) is 24.7 Å². The van der Waals surface area contributed by atoms with Gasteiger partial charge < -0.3 is 16.0 Å². The molecule has 0 aromatic rings. The largest absolute Gasteiger partial charge is 0.356 e. The molecule has 4 aliphatic rings. The number of fused-ring (bicyclic) bond motifs is 4. The van der Waals surface area contributed by atoms with Crippen LogP contribution in [0.25, 0.3) is 0 Å². The molecule has 6 atom stereocenters. The number of nitrogens with two attached hydrogens (primary N) is 1. The molecule has 4 heteroatoms. The summed E-state index contributed by atoms with van der Waals surface area (Å²) < 4.78 is 0. The standard InChI is InChI=1S/C17H29N3O/c1-20-13-4-5-14(20)7-10(6-13)9-19-17(21)15-11-2-3-12(8-11)16(15)18/h10-16H,2-9,18H2,1H3,(H,19,21). The predicted octanol–water partition coefficient (Wildman–Crippen LogP) is 1.35. The van der Waals surface area contributed by atoms with Crippen molar-refractivity contribution in [2.75, 3.05) is 13.6 Å². The molecule has 0 spiro atoms. The zero-order chi connectivity index (χ0) is 14.6. The van der Waals surface area contributed by atoms with Crippen LogP contribution in [-0.2, 0) is 4.79 Å². The van der Waals surface area contributed by atoms with Gasteiger partial charge in [0.2, 0.25) is 5.91 Å². The van der Waals surface area contributed by atoms with Gasteiger partial charge in [-0.3, -0.25) is 4.79 Å². The van der Waals surface area contributed by atoms with Gasteiger partial charge in [-0.2, -0.15) is 0 Å².